The molecule has 1 aliphatic rings. The van der Waals surface area contributed by atoms with E-state index in [4.69, 9.17) is 4.74 Å². The summed E-state index contributed by atoms with van der Waals surface area (Å²) in [5.41, 5.74) is 0.979. The summed E-state index contributed by atoms with van der Waals surface area (Å²) in [7, 11) is 1.63. The van der Waals surface area contributed by atoms with Crippen LogP contribution < -0.4 is 19.7 Å². The van der Waals surface area contributed by atoms with E-state index in [-0.39, 0.29) is 22.6 Å². The quantitative estimate of drug-likeness (QED) is 0.800. The van der Waals surface area contributed by atoms with Crippen LogP contribution in [0.2, 0.25) is 0 Å². The zero-order valence-corrected chi connectivity index (χ0v) is 16.0. The Hall–Kier alpha value is -2.35. The minimum atomic E-state index is -2.96. The van der Waals surface area contributed by atoms with Crippen LogP contribution in [0.5, 0.6) is 11.5 Å². The molecule has 2 aromatic rings. The van der Waals surface area contributed by atoms with Crippen molar-refractivity contribution in [2.24, 2.45) is 0 Å². The number of ether oxygens (including phenoxy) is 2. The molecule has 27 heavy (non-hydrogen) atoms. The van der Waals surface area contributed by atoms with Gasteiger partial charge in [0.1, 0.15) is 16.4 Å². The molecule has 0 aliphatic carbocycles. The van der Waals surface area contributed by atoms with Crippen molar-refractivity contribution < 1.29 is 23.0 Å². The van der Waals surface area contributed by atoms with Gasteiger partial charge in [-0.3, -0.25) is 4.79 Å². The number of methoxy groups -OCH3 is 1. The van der Waals surface area contributed by atoms with E-state index in [9.17, 15) is 13.6 Å². The minimum Gasteiger partial charge on any atom is -0.495 e. The fourth-order valence-corrected chi connectivity index (χ4v) is 4.14. The second-order valence-corrected chi connectivity index (χ2v) is 7.62. The summed E-state index contributed by atoms with van der Waals surface area (Å²) in [6.07, 6.45) is 1.74. The number of rotatable bonds is 6. The topological polar surface area (TPSA) is 50.8 Å². The monoisotopic (exact) mass is 396 g/mol. The number of aryl methyl sites for hydroxylation is 1. The van der Waals surface area contributed by atoms with Gasteiger partial charge in [0.2, 0.25) is 0 Å². The van der Waals surface area contributed by atoms with Crippen LogP contribution in [0.25, 0.3) is 0 Å². The van der Waals surface area contributed by atoms with Crippen LogP contribution in [0, 0.1) is 6.92 Å². The SMILES string of the molecule is COc1ccccc1N1CCCC(NC(=O)c2sc(C)cc2OC(F)F)C1. The molecule has 1 saturated heterocycles. The Labute approximate surface area is 160 Å². The van der Waals surface area contributed by atoms with Crippen LogP contribution >= 0.6 is 11.3 Å². The number of carbonyl (C=O) groups is 1. The highest BCUT2D eigenvalue weighted by Gasteiger charge is 2.26. The third-order valence-corrected chi connectivity index (χ3v) is 5.46. The van der Waals surface area contributed by atoms with Gasteiger partial charge in [-0.15, -0.1) is 11.3 Å². The lowest BCUT2D eigenvalue weighted by Crippen LogP contribution is -2.47. The normalized spacial score (nSPS) is 17.1. The molecule has 146 valence electrons. The fraction of sp³-hybridized carbons (Fsp3) is 0.421. The van der Waals surface area contributed by atoms with Crippen molar-refractivity contribution in [3.8, 4) is 11.5 Å². The highest BCUT2D eigenvalue weighted by molar-refractivity contribution is 7.14. The van der Waals surface area contributed by atoms with Crippen LogP contribution in [0.4, 0.5) is 14.5 Å². The lowest BCUT2D eigenvalue weighted by Gasteiger charge is -2.35. The molecule has 0 bridgehead atoms. The molecule has 3 rings (SSSR count). The van der Waals surface area contributed by atoms with Crippen molar-refractivity contribution in [2.75, 3.05) is 25.1 Å². The van der Waals surface area contributed by atoms with Gasteiger partial charge in [-0.2, -0.15) is 8.78 Å². The van der Waals surface area contributed by atoms with Gasteiger partial charge in [0, 0.05) is 24.0 Å². The number of hydrogen-bond donors (Lipinski definition) is 1. The second-order valence-electron chi connectivity index (χ2n) is 6.36. The largest absolute Gasteiger partial charge is 0.495 e. The number of piperidine rings is 1. The molecule has 1 amide bonds. The average molecular weight is 396 g/mol. The highest BCUT2D eigenvalue weighted by Crippen LogP contribution is 2.32. The summed E-state index contributed by atoms with van der Waals surface area (Å²) < 4.78 is 35.1. The molecule has 0 radical (unpaired) electrons. The van der Waals surface area contributed by atoms with E-state index in [0.29, 0.717) is 6.54 Å². The van der Waals surface area contributed by atoms with E-state index >= 15 is 0 Å². The molecule has 5 nitrogen and oxygen atoms in total. The first-order chi connectivity index (χ1) is 13.0. The summed E-state index contributed by atoms with van der Waals surface area (Å²) in [5, 5.41) is 2.96. The van der Waals surface area contributed by atoms with Crippen molar-refractivity contribution in [3.63, 3.8) is 0 Å². The van der Waals surface area contributed by atoms with Gasteiger partial charge in [-0.05, 0) is 38.0 Å². The Balaban J connectivity index is 1.70. The number of thiophene rings is 1. The first kappa shape index (κ1) is 19.4. The molecule has 1 aromatic carbocycles. The number of anilines is 1. The zero-order valence-electron chi connectivity index (χ0n) is 15.2. The van der Waals surface area contributed by atoms with Crippen molar-refractivity contribution in [1.82, 2.24) is 5.32 Å². The second kappa shape index (κ2) is 8.56. The number of amides is 1. The van der Waals surface area contributed by atoms with E-state index in [0.717, 1.165) is 47.0 Å². The van der Waals surface area contributed by atoms with Gasteiger partial charge in [0.15, 0.2) is 0 Å². The third-order valence-electron chi connectivity index (χ3n) is 4.43. The summed E-state index contributed by atoms with van der Waals surface area (Å²) in [5.74, 6) is 0.337. The average Bonchev–Trinajstić information content (AvgIpc) is 3.01. The maximum absolute atomic E-state index is 12.6. The molecule has 0 spiro atoms. The molecule has 1 aliphatic heterocycles. The minimum absolute atomic E-state index is 0.0672. The van der Waals surface area contributed by atoms with E-state index in [1.807, 2.05) is 24.3 Å². The number of nitrogens with zero attached hydrogens (tertiary/aromatic N) is 1. The van der Waals surface area contributed by atoms with Gasteiger partial charge < -0.3 is 19.7 Å². The van der Waals surface area contributed by atoms with Gasteiger partial charge >= 0.3 is 6.61 Å². The van der Waals surface area contributed by atoms with E-state index < -0.39 is 6.61 Å². The van der Waals surface area contributed by atoms with Crippen molar-refractivity contribution in [2.45, 2.75) is 32.4 Å². The number of carbonyl (C=O) groups excluding carboxylic acids is 1. The van der Waals surface area contributed by atoms with Gasteiger partial charge in [-0.25, -0.2) is 0 Å². The number of nitrogens with one attached hydrogen (secondary N) is 1. The molecular weight excluding hydrogens is 374 g/mol. The van der Waals surface area contributed by atoms with Crippen LogP contribution in [0.15, 0.2) is 30.3 Å². The molecular formula is C19H22F2N2O3S. The number of halogens is 2. The molecule has 2 heterocycles. The van der Waals surface area contributed by atoms with Gasteiger partial charge in [0.05, 0.1) is 12.8 Å². The number of hydrogen-bond acceptors (Lipinski definition) is 5. The van der Waals surface area contributed by atoms with Crippen molar-refractivity contribution in [3.05, 3.63) is 40.1 Å². The summed E-state index contributed by atoms with van der Waals surface area (Å²) in [4.78, 5) is 15.7. The number of benzene rings is 1. The maximum atomic E-state index is 12.6. The van der Waals surface area contributed by atoms with Crippen LogP contribution in [-0.4, -0.2) is 38.8 Å². The molecule has 1 atom stereocenters. The predicted octanol–water partition coefficient (Wildman–Crippen LogP) is 4.07. The van der Waals surface area contributed by atoms with Gasteiger partial charge in [0.25, 0.3) is 5.91 Å². The Morgan fingerprint density at radius 3 is 2.85 bits per heavy atom. The van der Waals surface area contributed by atoms with Gasteiger partial charge in [-0.1, -0.05) is 12.1 Å². The lowest BCUT2D eigenvalue weighted by molar-refractivity contribution is -0.0498. The summed E-state index contributed by atoms with van der Waals surface area (Å²) in [6, 6.07) is 9.13. The molecule has 1 N–H and O–H groups in total. The summed E-state index contributed by atoms with van der Waals surface area (Å²) >= 11 is 1.15. The fourth-order valence-electron chi connectivity index (χ4n) is 3.29. The third kappa shape index (κ3) is 4.68. The summed E-state index contributed by atoms with van der Waals surface area (Å²) in [6.45, 7) is 0.289. The van der Waals surface area contributed by atoms with Crippen LogP contribution in [0.3, 0.4) is 0 Å². The smallest absolute Gasteiger partial charge is 0.387 e. The molecule has 0 saturated carbocycles. The Morgan fingerprint density at radius 2 is 2.11 bits per heavy atom. The number of alkyl halides is 2. The first-order valence-corrected chi connectivity index (χ1v) is 9.53. The van der Waals surface area contributed by atoms with Crippen molar-refractivity contribution in [1.29, 1.82) is 0 Å². The first-order valence-electron chi connectivity index (χ1n) is 8.72. The van der Waals surface area contributed by atoms with Crippen molar-refractivity contribution >= 4 is 22.9 Å². The van der Waals surface area contributed by atoms with Crippen LogP contribution in [-0.2, 0) is 0 Å². The predicted molar refractivity (Wildman–Crippen MR) is 101 cm³/mol. The standard InChI is InChI=1S/C19H22F2N2O3S/c1-12-10-16(26-19(20)21)17(27-12)18(24)22-13-6-5-9-23(11-13)14-7-3-4-8-15(14)25-2/h3-4,7-8,10,13,19H,5-6,9,11H2,1-2H3,(H,22,24). The molecule has 1 aromatic heterocycles. The Kier molecular flexibility index (Phi) is 6.15. The molecule has 1 fully saturated rings. The van der Waals surface area contributed by atoms with E-state index in [1.54, 1.807) is 14.0 Å². The van der Waals surface area contributed by atoms with Crippen LogP contribution in [0.1, 0.15) is 27.4 Å². The number of para-hydroxylation sites is 2. The van der Waals surface area contributed by atoms with E-state index in [1.165, 1.54) is 6.07 Å². The molecule has 8 heteroatoms. The molecule has 1 unspecified atom stereocenters. The lowest BCUT2D eigenvalue weighted by atomic mass is 10.0. The Bertz CT molecular complexity index is 797. The zero-order chi connectivity index (χ0) is 19.4. The Morgan fingerprint density at radius 1 is 1.33 bits per heavy atom. The maximum Gasteiger partial charge on any atom is 0.387 e. The highest BCUT2D eigenvalue weighted by atomic mass is 32.1. The van der Waals surface area contributed by atoms with E-state index in [2.05, 4.69) is 15.0 Å².